The minimum Gasteiger partial charge on any atom is -0.496 e. The Morgan fingerprint density at radius 2 is 1.66 bits per heavy atom. The Balaban J connectivity index is 1.76. The van der Waals surface area contributed by atoms with Gasteiger partial charge in [-0.15, -0.1) is 0 Å². The highest BCUT2D eigenvalue weighted by molar-refractivity contribution is 6.28. The lowest BCUT2D eigenvalue weighted by Gasteiger charge is -2.04. The molecule has 1 heterocycles. The lowest BCUT2D eigenvalue weighted by atomic mass is 10.0. The SMILES string of the molecule is COc1ccccc1C=CC=C(C(=O)c1ccccc1)c1nc2ccccc2o1. The van der Waals surface area contributed by atoms with Gasteiger partial charge in [-0.2, -0.15) is 0 Å². The van der Waals surface area contributed by atoms with Gasteiger partial charge in [0, 0.05) is 11.1 Å². The summed E-state index contributed by atoms with van der Waals surface area (Å²) < 4.78 is 11.2. The van der Waals surface area contributed by atoms with Crippen molar-refractivity contribution in [2.45, 2.75) is 0 Å². The van der Waals surface area contributed by atoms with Crippen molar-refractivity contribution in [3.63, 3.8) is 0 Å². The van der Waals surface area contributed by atoms with E-state index in [0.717, 1.165) is 11.3 Å². The Bertz CT molecular complexity index is 1170. The van der Waals surface area contributed by atoms with Crippen LogP contribution in [0.4, 0.5) is 0 Å². The molecule has 4 nitrogen and oxygen atoms in total. The van der Waals surface area contributed by atoms with Crippen molar-refractivity contribution in [3.05, 3.63) is 108 Å². The van der Waals surface area contributed by atoms with Gasteiger partial charge in [-0.1, -0.05) is 72.8 Å². The zero-order valence-corrected chi connectivity index (χ0v) is 15.9. The second kappa shape index (κ2) is 8.40. The number of benzene rings is 3. The van der Waals surface area contributed by atoms with Gasteiger partial charge in [0.1, 0.15) is 11.3 Å². The van der Waals surface area contributed by atoms with E-state index in [0.29, 0.717) is 28.1 Å². The van der Waals surface area contributed by atoms with Crippen LogP contribution in [0.15, 0.2) is 95.4 Å². The predicted molar refractivity (Wildman–Crippen MR) is 115 cm³/mol. The highest BCUT2D eigenvalue weighted by atomic mass is 16.5. The topological polar surface area (TPSA) is 52.3 Å². The van der Waals surface area contributed by atoms with Crippen molar-refractivity contribution >= 4 is 28.5 Å². The van der Waals surface area contributed by atoms with E-state index in [2.05, 4.69) is 4.98 Å². The number of ether oxygens (including phenoxy) is 1. The quantitative estimate of drug-likeness (QED) is 0.240. The van der Waals surface area contributed by atoms with E-state index in [1.807, 2.05) is 78.9 Å². The van der Waals surface area contributed by atoms with Crippen LogP contribution in [0.5, 0.6) is 5.75 Å². The predicted octanol–water partition coefficient (Wildman–Crippen LogP) is 5.82. The molecule has 0 atom stereocenters. The summed E-state index contributed by atoms with van der Waals surface area (Å²) in [5, 5.41) is 0. The molecule has 3 aromatic carbocycles. The number of allylic oxidation sites excluding steroid dienone is 3. The molecule has 4 heteroatoms. The molecule has 142 valence electrons. The molecular weight excluding hydrogens is 362 g/mol. The van der Waals surface area contributed by atoms with Gasteiger partial charge in [-0.05, 0) is 24.3 Å². The normalized spacial score (nSPS) is 11.8. The van der Waals surface area contributed by atoms with Crippen LogP contribution in [-0.4, -0.2) is 17.9 Å². The lowest BCUT2D eigenvalue weighted by Crippen LogP contribution is -2.02. The third kappa shape index (κ3) is 4.01. The fourth-order valence-electron chi connectivity index (χ4n) is 3.03. The van der Waals surface area contributed by atoms with Crippen molar-refractivity contribution in [3.8, 4) is 5.75 Å². The number of hydrogen-bond acceptors (Lipinski definition) is 4. The summed E-state index contributed by atoms with van der Waals surface area (Å²) in [6.07, 6.45) is 5.43. The number of carbonyl (C=O) groups is 1. The van der Waals surface area contributed by atoms with E-state index in [4.69, 9.17) is 9.15 Å². The molecule has 4 rings (SSSR count). The van der Waals surface area contributed by atoms with E-state index >= 15 is 0 Å². The smallest absolute Gasteiger partial charge is 0.231 e. The number of fused-ring (bicyclic) bond motifs is 1. The second-order valence-electron chi connectivity index (χ2n) is 6.36. The molecule has 0 aliphatic rings. The van der Waals surface area contributed by atoms with Crippen molar-refractivity contribution in [1.29, 1.82) is 0 Å². The Labute approximate surface area is 168 Å². The summed E-state index contributed by atoms with van der Waals surface area (Å²) in [5.41, 5.74) is 3.23. The number of nitrogens with zero attached hydrogens (tertiary/aromatic N) is 1. The van der Waals surface area contributed by atoms with Crippen LogP contribution in [0.2, 0.25) is 0 Å². The summed E-state index contributed by atoms with van der Waals surface area (Å²) in [6.45, 7) is 0. The van der Waals surface area contributed by atoms with E-state index < -0.39 is 0 Å². The third-order valence-electron chi connectivity index (χ3n) is 4.48. The molecule has 4 aromatic rings. The first-order valence-corrected chi connectivity index (χ1v) is 9.23. The average molecular weight is 381 g/mol. The van der Waals surface area contributed by atoms with Crippen molar-refractivity contribution in [2.75, 3.05) is 7.11 Å². The summed E-state index contributed by atoms with van der Waals surface area (Å²) in [7, 11) is 1.63. The Morgan fingerprint density at radius 3 is 2.45 bits per heavy atom. The summed E-state index contributed by atoms with van der Waals surface area (Å²) in [6, 6.07) is 24.2. The summed E-state index contributed by atoms with van der Waals surface area (Å²) >= 11 is 0. The largest absolute Gasteiger partial charge is 0.496 e. The van der Waals surface area contributed by atoms with Gasteiger partial charge in [0.05, 0.1) is 12.7 Å². The standard InChI is InChI=1S/C25H19NO3/c1-28-22-16-7-5-10-18(22)13-9-14-20(24(27)19-11-3-2-4-12-19)25-26-21-15-6-8-17-23(21)29-25/h2-17H,1H3. The number of ketones is 1. The molecule has 29 heavy (non-hydrogen) atoms. The van der Waals surface area contributed by atoms with Crippen molar-refractivity contribution in [2.24, 2.45) is 0 Å². The number of Topliss-reactive ketones (excluding diaryl/α,β-unsaturated/α-hetero) is 1. The molecule has 0 N–H and O–H groups in total. The van der Waals surface area contributed by atoms with Crippen LogP contribution in [-0.2, 0) is 0 Å². The first kappa shape index (κ1) is 18.4. The molecule has 0 radical (unpaired) electrons. The van der Waals surface area contributed by atoms with Crippen LogP contribution in [0.3, 0.4) is 0 Å². The number of hydrogen-bond donors (Lipinski definition) is 0. The number of carbonyl (C=O) groups excluding carboxylic acids is 1. The molecule has 0 saturated heterocycles. The average Bonchev–Trinajstić information content (AvgIpc) is 3.21. The number of aromatic nitrogens is 1. The van der Waals surface area contributed by atoms with E-state index in [1.165, 1.54) is 0 Å². The molecule has 1 aromatic heterocycles. The van der Waals surface area contributed by atoms with Crippen LogP contribution in [0.1, 0.15) is 21.8 Å². The number of methoxy groups -OCH3 is 1. The molecule has 0 saturated carbocycles. The first-order valence-electron chi connectivity index (χ1n) is 9.23. The molecule has 0 fully saturated rings. The third-order valence-corrected chi connectivity index (χ3v) is 4.48. The van der Waals surface area contributed by atoms with Gasteiger partial charge in [0.2, 0.25) is 5.89 Å². The zero-order chi connectivity index (χ0) is 20.1. The van der Waals surface area contributed by atoms with Gasteiger partial charge >= 0.3 is 0 Å². The lowest BCUT2D eigenvalue weighted by molar-refractivity contribution is 0.105. The fourth-order valence-corrected chi connectivity index (χ4v) is 3.03. The first-order chi connectivity index (χ1) is 14.3. The van der Waals surface area contributed by atoms with Crippen molar-refractivity contribution in [1.82, 2.24) is 4.98 Å². The van der Waals surface area contributed by atoms with Crippen LogP contribution in [0.25, 0.3) is 22.7 Å². The maximum absolute atomic E-state index is 13.2. The molecule has 0 amide bonds. The maximum atomic E-state index is 13.2. The highest BCUT2D eigenvalue weighted by Crippen LogP contribution is 2.25. The Kier molecular flexibility index (Phi) is 5.34. The van der Waals surface area contributed by atoms with Gasteiger partial charge < -0.3 is 9.15 Å². The molecule has 0 unspecified atom stereocenters. The van der Waals surface area contributed by atoms with Gasteiger partial charge in [-0.3, -0.25) is 4.79 Å². The number of para-hydroxylation sites is 3. The summed E-state index contributed by atoms with van der Waals surface area (Å²) in [4.78, 5) is 17.7. The van der Waals surface area contributed by atoms with Crippen LogP contribution >= 0.6 is 0 Å². The second-order valence-corrected chi connectivity index (χ2v) is 6.36. The zero-order valence-electron chi connectivity index (χ0n) is 15.9. The Hall–Kier alpha value is -3.92. The van der Waals surface area contributed by atoms with E-state index in [-0.39, 0.29) is 5.78 Å². The molecule has 0 bridgehead atoms. The minimum absolute atomic E-state index is 0.151. The maximum Gasteiger partial charge on any atom is 0.231 e. The van der Waals surface area contributed by atoms with Gasteiger partial charge in [0.15, 0.2) is 11.4 Å². The molecular formula is C25H19NO3. The summed E-state index contributed by atoms with van der Waals surface area (Å²) in [5.74, 6) is 0.904. The number of oxazole rings is 1. The van der Waals surface area contributed by atoms with E-state index in [9.17, 15) is 4.79 Å². The van der Waals surface area contributed by atoms with Gasteiger partial charge in [-0.25, -0.2) is 4.98 Å². The van der Waals surface area contributed by atoms with Crippen LogP contribution < -0.4 is 4.74 Å². The molecule has 0 spiro atoms. The molecule has 0 aliphatic heterocycles. The monoisotopic (exact) mass is 381 g/mol. The molecule has 0 aliphatic carbocycles. The van der Waals surface area contributed by atoms with E-state index in [1.54, 1.807) is 25.3 Å². The fraction of sp³-hybridized carbons (Fsp3) is 0.0400. The minimum atomic E-state index is -0.151. The Morgan fingerprint density at radius 1 is 0.931 bits per heavy atom. The number of rotatable bonds is 6. The highest BCUT2D eigenvalue weighted by Gasteiger charge is 2.19. The van der Waals surface area contributed by atoms with Gasteiger partial charge in [0.25, 0.3) is 0 Å². The van der Waals surface area contributed by atoms with Crippen LogP contribution in [0, 0.1) is 0 Å². The van der Waals surface area contributed by atoms with Crippen molar-refractivity contribution < 1.29 is 13.9 Å².